The van der Waals surface area contributed by atoms with Crippen molar-refractivity contribution in [3.8, 4) is 0 Å². The summed E-state index contributed by atoms with van der Waals surface area (Å²) >= 11 is 0. The monoisotopic (exact) mass is 188 g/mol. The topological polar surface area (TPSA) is 104 Å². The molecule has 0 aliphatic rings. The molecule has 0 bridgehead atoms. The Morgan fingerprint density at radius 2 is 1.21 bits per heavy atom. The van der Waals surface area contributed by atoms with Crippen molar-refractivity contribution < 1.29 is 0 Å². The first kappa shape index (κ1) is 8.50. The fourth-order valence-corrected chi connectivity index (χ4v) is 1.54. The summed E-state index contributed by atoms with van der Waals surface area (Å²) in [5, 5.41) is 1.58. The molecule has 0 unspecified atom stereocenters. The lowest BCUT2D eigenvalue weighted by molar-refractivity contribution is 1.68. The van der Waals surface area contributed by atoms with E-state index >= 15 is 0 Å². The standard InChI is InChI=1S/C10H12N4/c11-6-3-4-7(12)9-5(6)1-2-8(13)10(9)14/h1-4H,11-14H2. The quantitative estimate of drug-likeness (QED) is 0.466. The van der Waals surface area contributed by atoms with E-state index in [1.807, 2.05) is 6.07 Å². The second kappa shape index (κ2) is 2.70. The van der Waals surface area contributed by atoms with Gasteiger partial charge in [0.1, 0.15) is 0 Å². The third kappa shape index (κ3) is 1.01. The first-order valence-electron chi connectivity index (χ1n) is 4.23. The zero-order valence-corrected chi connectivity index (χ0v) is 7.62. The lowest BCUT2D eigenvalue weighted by Crippen LogP contribution is -1.99. The maximum atomic E-state index is 5.83. The van der Waals surface area contributed by atoms with Crippen molar-refractivity contribution in [3.05, 3.63) is 24.3 Å². The lowest BCUT2D eigenvalue weighted by atomic mass is 10.0. The molecule has 0 aliphatic carbocycles. The number of benzene rings is 2. The summed E-state index contributed by atoms with van der Waals surface area (Å²) < 4.78 is 0. The highest BCUT2D eigenvalue weighted by Gasteiger charge is 2.07. The molecular formula is C10H12N4. The Balaban J connectivity index is 3.01. The van der Waals surface area contributed by atoms with E-state index < -0.39 is 0 Å². The van der Waals surface area contributed by atoms with Crippen molar-refractivity contribution in [1.82, 2.24) is 0 Å². The predicted octanol–water partition coefficient (Wildman–Crippen LogP) is 1.17. The van der Waals surface area contributed by atoms with Crippen molar-refractivity contribution in [2.75, 3.05) is 22.9 Å². The van der Waals surface area contributed by atoms with Crippen LogP contribution in [0.25, 0.3) is 10.8 Å². The zero-order chi connectivity index (χ0) is 10.3. The minimum absolute atomic E-state index is 0.493. The lowest BCUT2D eigenvalue weighted by Gasteiger charge is -2.09. The van der Waals surface area contributed by atoms with Gasteiger partial charge in [-0.1, -0.05) is 6.07 Å². The van der Waals surface area contributed by atoms with Crippen molar-refractivity contribution in [1.29, 1.82) is 0 Å². The summed E-state index contributed by atoms with van der Waals surface area (Å²) in [6.07, 6.45) is 0. The zero-order valence-electron chi connectivity index (χ0n) is 7.62. The van der Waals surface area contributed by atoms with Crippen LogP contribution in [0, 0.1) is 0 Å². The summed E-state index contributed by atoms with van der Waals surface area (Å²) in [5.41, 5.74) is 25.4. The SMILES string of the molecule is Nc1ccc2c(N)ccc(N)c2c1N. The van der Waals surface area contributed by atoms with Gasteiger partial charge in [-0.15, -0.1) is 0 Å². The maximum Gasteiger partial charge on any atom is 0.0649 e. The maximum absolute atomic E-state index is 5.83. The number of hydrogen-bond acceptors (Lipinski definition) is 4. The van der Waals surface area contributed by atoms with Crippen LogP contribution in [-0.4, -0.2) is 0 Å². The molecule has 0 heterocycles. The van der Waals surface area contributed by atoms with Gasteiger partial charge in [-0.25, -0.2) is 0 Å². The number of fused-ring (bicyclic) bond motifs is 1. The summed E-state index contributed by atoms with van der Waals surface area (Å²) in [6.45, 7) is 0. The Kier molecular flexibility index (Phi) is 1.64. The molecule has 2 rings (SSSR count). The van der Waals surface area contributed by atoms with Crippen LogP contribution < -0.4 is 22.9 Å². The highest BCUT2D eigenvalue weighted by Crippen LogP contribution is 2.34. The molecule has 0 saturated heterocycles. The fourth-order valence-electron chi connectivity index (χ4n) is 1.54. The second-order valence-corrected chi connectivity index (χ2v) is 3.24. The summed E-state index contributed by atoms with van der Waals surface area (Å²) in [6, 6.07) is 7.04. The Morgan fingerprint density at radius 3 is 1.93 bits per heavy atom. The molecule has 0 aliphatic heterocycles. The van der Waals surface area contributed by atoms with E-state index in [1.165, 1.54) is 0 Å². The van der Waals surface area contributed by atoms with Gasteiger partial charge in [0, 0.05) is 22.1 Å². The molecule has 4 heteroatoms. The van der Waals surface area contributed by atoms with Gasteiger partial charge in [0.15, 0.2) is 0 Å². The third-order valence-corrected chi connectivity index (χ3v) is 2.32. The molecule has 2 aromatic carbocycles. The Labute approximate surface area is 81.5 Å². The molecular weight excluding hydrogens is 176 g/mol. The number of anilines is 4. The van der Waals surface area contributed by atoms with Crippen LogP contribution in [-0.2, 0) is 0 Å². The Bertz CT molecular complexity index is 505. The molecule has 72 valence electrons. The number of rotatable bonds is 0. The van der Waals surface area contributed by atoms with Gasteiger partial charge in [0.05, 0.1) is 11.4 Å². The second-order valence-electron chi connectivity index (χ2n) is 3.24. The third-order valence-electron chi connectivity index (χ3n) is 2.32. The minimum atomic E-state index is 0.493. The van der Waals surface area contributed by atoms with Crippen molar-refractivity contribution in [3.63, 3.8) is 0 Å². The Morgan fingerprint density at radius 1 is 0.643 bits per heavy atom. The van der Waals surface area contributed by atoms with Crippen LogP contribution in [0.2, 0.25) is 0 Å². The van der Waals surface area contributed by atoms with E-state index in [0.29, 0.717) is 22.7 Å². The van der Waals surface area contributed by atoms with Crippen molar-refractivity contribution in [2.24, 2.45) is 0 Å². The average molecular weight is 188 g/mol. The first-order chi connectivity index (χ1) is 6.61. The van der Waals surface area contributed by atoms with Crippen molar-refractivity contribution in [2.45, 2.75) is 0 Å². The fraction of sp³-hybridized carbons (Fsp3) is 0. The smallest absolute Gasteiger partial charge is 0.0649 e. The summed E-state index contributed by atoms with van der Waals surface area (Å²) in [4.78, 5) is 0. The predicted molar refractivity (Wildman–Crippen MR) is 61.6 cm³/mol. The average Bonchev–Trinajstić information content (AvgIpc) is 2.16. The molecule has 14 heavy (non-hydrogen) atoms. The molecule has 0 atom stereocenters. The van der Waals surface area contributed by atoms with E-state index in [4.69, 9.17) is 22.9 Å². The molecule has 0 aromatic heterocycles. The van der Waals surface area contributed by atoms with E-state index in [1.54, 1.807) is 18.2 Å². The summed E-state index contributed by atoms with van der Waals surface area (Å²) in [7, 11) is 0. The summed E-state index contributed by atoms with van der Waals surface area (Å²) in [5.74, 6) is 0. The molecule has 4 nitrogen and oxygen atoms in total. The van der Waals surface area contributed by atoms with Gasteiger partial charge >= 0.3 is 0 Å². The molecule has 8 N–H and O–H groups in total. The van der Waals surface area contributed by atoms with Crippen LogP contribution in [0.5, 0.6) is 0 Å². The van der Waals surface area contributed by atoms with Crippen LogP contribution in [0.3, 0.4) is 0 Å². The highest BCUT2D eigenvalue weighted by molar-refractivity contribution is 6.10. The highest BCUT2D eigenvalue weighted by atomic mass is 14.7. The molecule has 0 radical (unpaired) electrons. The van der Waals surface area contributed by atoms with Crippen LogP contribution in [0.1, 0.15) is 0 Å². The molecule has 2 aromatic rings. The number of hydrogen-bond donors (Lipinski definition) is 4. The van der Waals surface area contributed by atoms with Gasteiger partial charge in [0.25, 0.3) is 0 Å². The van der Waals surface area contributed by atoms with Gasteiger partial charge in [-0.3, -0.25) is 0 Å². The van der Waals surface area contributed by atoms with E-state index in [9.17, 15) is 0 Å². The van der Waals surface area contributed by atoms with Gasteiger partial charge < -0.3 is 22.9 Å². The molecule has 0 fully saturated rings. The van der Waals surface area contributed by atoms with Crippen molar-refractivity contribution >= 4 is 33.5 Å². The van der Waals surface area contributed by atoms with E-state index in [2.05, 4.69) is 0 Å². The number of nitrogen functional groups attached to an aromatic ring is 4. The first-order valence-corrected chi connectivity index (χ1v) is 4.23. The molecule has 0 saturated carbocycles. The largest absolute Gasteiger partial charge is 0.398 e. The van der Waals surface area contributed by atoms with E-state index in [-0.39, 0.29) is 0 Å². The van der Waals surface area contributed by atoms with Crippen LogP contribution in [0.4, 0.5) is 22.7 Å². The van der Waals surface area contributed by atoms with Gasteiger partial charge in [-0.05, 0) is 18.2 Å². The van der Waals surface area contributed by atoms with Gasteiger partial charge in [-0.2, -0.15) is 0 Å². The normalized spacial score (nSPS) is 10.6. The van der Waals surface area contributed by atoms with Crippen LogP contribution in [0.15, 0.2) is 24.3 Å². The molecule has 0 spiro atoms. The number of nitrogens with two attached hydrogens (primary N) is 4. The Hall–Kier alpha value is -2.10. The molecule has 0 amide bonds. The van der Waals surface area contributed by atoms with E-state index in [0.717, 1.165) is 10.8 Å². The van der Waals surface area contributed by atoms with Gasteiger partial charge in [0.2, 0.25) is 0 Å². The minimum Gasteiger partial charge on any atom is -0.398 e. The van der Waals surface area contributed by atoms with Crippen LogP contribution >= 0.6 is 0 Å².